The Labute approximate surface area is 116 Å². The zero-order chi connectivity index (χ0) is 13.8. The Bertz CT molecular complexity index is 474. The van der Waals surface area contributed by atoms with Crippen molar-refractivity contribution in [2.24, 2.45) is 0 Å². The van der Waals surface area contributed by atoms with Gasteiger partial charge in [0, 0.05) is 24.7 Å². The van der Waals surface area contributed by atoms with E-state index in [9.17, 15) is 9.59 Å². The number of hydrogen-bond donors (Lipinski definition) is 1. The second kappa shape index (κ2) is 6.01. The third-order valence-electron chi connectivity index (χ3n) is 2.90. The Morgan fingerprint density at radius 3 is 2.89 bits per heavy atom. The van der Waals surface area contributed by atoms with Gasteiger partial charge in [0.1, 0.15) is 6.54 Å². The minimum absolute atomic E-state index is 0.0152. The molecule has 2 heterocycles. The number of anilines is 1. The summed E-state index contributed by atoms with van der Waals surface area (Å²) in [4.78, 5) is 31.7. The predicted molar refractivity (Wildman–Crippen MR) is 73.9 cm³/mol. The highest BCUT2D eigenvalue weighted by atomic mass is 32.1. The molecule has 0 unspecified atom stereocenters. The fourth-order valence-corrected chi connectivity index (χ4v) is 2.64. The number of rotatable bonds is 5. The number of hydrogen-bond acceptors (Lipinski definition) is 5. The van der Waals surface area contributed by atoms with Crippen LogP contribution in [0.1, 0.15) is 18.2 Å². The van der Waals surface area contributed by atoms with Crippen molar-refractivity contribution in [3.8, 4) is 0 Å². The van der Waals surface area contributed by atoms with Crippen LogP contribution in [0.15, 0.2) is 6.20 Å². The predicted octanol–water partition coefficient (Wildman–Crippen LogP) is 0.766. The first kappa shape index (κ1) is 13.8. The molecule has 0 saturated carbocycles. The third-order valence-corrected chi connectivity index (χ3v) is 3.84. The molecule has 1 saturated heterocycles. The molecule has 1 N–H and O–H groups in total. The van der Waals surface area contributed by atoms with Crippen molar-refractivity contribution in [3.63, 3.8) is 0 Å². The summed E-state index contributed by atoms with van der Waals surface area (Å²) in [5.41, 5.74) is 0. The second-order valence-electron chi connectivity index (χ2n) is 4.56. The molecular weight excluding hydrogens is 264 g/mol. The van der Waals surface area contributed by atoms with Gasteiger partial charge >= 0.3 is 0 Å². The number of amides is 2. The minimum Gasteiger partial charge on any atom is -0.362 e. The van der Waals surface area contributed by atoms with Crippen LogP contribution >= 0.6 is 11.3 Å². The molecule has 2 rings (SSSR count). The number of nitrogens with one attached hydrogen (secondary N) is 1. The van der Waals surface area contributed by atoms with Gasteiger partial charge in [-0.05, 0) is 6.42 Å². The van der Waals surface area contributed by atoms with Crippen LogP contribution in [-0.2, 0) is 16.1 Å². The summed E-state index contributed by atoms with van der Waals surface area (Å²) in [5, 5.41) is 4.07. The highest BCUT2D eigenvalue weighted by molar-refractivity contribution is 7.15. The number of nitrogens with zero attached hydrogens (tertiary/aromatic N) is 3. The van der Waals surface area contributed by atoms with Crippen LogP contribution < -0.4 is 5.32 Å². The van der Waals surface area contributed by atoms with E-state index in [1.165, 1.54) is 16.2 Å². The Morgan fingerprint density at radius 2 is 2.16 bits per heavy atom. The second-order valence-corrected chi connectivity index (χ2v) is 5.67. The van der Waals surface area contributed by atoms with Crippen molar-refractivity contribution in [1.82, 2.24) is 14.8 Å². The Kier molecular flexibility index (Phi) is 4.36. The molecule has 2 amide bonds. The Morgan fingerprint density at radius 1 is 1.37 bits per heavy atom. The topological polar surface area (TPSA) is 65.5 Å². The van der Waals surface area contributed by atoms with Crippen LogP contribution in [0, 0.1) is 0 Å². The molecule has 0 spiro atoms. The zero-order valence-corrected chi connectivity index (χ0v) is 12.0. The van der Waals surface area contributed by atoms with Crippen LogP contribution in [0.2, 0.25) is 0 Å². The van der Waals surface area contributed by atoms with Crippen LogP contribution in [0.3, 0.4) is 0 Å². The molecule has 0 aromatic carbocycles. The van der Waals surface area contributed by atoms with Gasteiger partial charge < -0.3 is 15.1 Å². The summed E-state index contributed by atoms with van der Waals surface area (Å²) in [6.45, 7) is 3.77. The Balaban J connectivity index is 1.95. The van der Waals surface area contributed by atoms with Crippen molar-refractivity contribution in [3.05, 3.63) is 11.1 Å². The molecule has 1 aromatic heterocycles. The molecular formula is C12H18N4O2S. The largest absolute Gasteiger partial charge is 0.362 e. The van der Waals surface area contributed by atoms with Crippen LogP contribution in [0.4, 0.5) is 5.13 Å². The molecule has 0 radical (unpaired) electrons. The van der Waals surface area contributed by atoms with E-state index in [1.807, 2.05) is 0 Å². The summed E-state index contributed by atoms with van der Waals surface area (Å²) < 4.78 is 0. The van der Waals surface area contributed by atoms with Crippen LogP contribution in [0.25, 0.3) is 0 Å². The van der Waals surface area contributed by atoms with Gasteiger partial charge in [0.05, 0.1) is 13.1 Å². The van der Waals surface area contributed by atoms with Gasteiger partial charge in [-0.25, -0.2) is 4.98 Å². The summed E-state index contributed by atoms with van der Waals surface area (Å²) in [7, 11) is 1.65. The van der Waals surface area contributed by atoms with Gasteiger partial charge in [-0.15, -0.1) is 11.3 Å². The highest BCUT2D eigenvalue weighted by Gasteiger charge is 2.27. The molecule has 1 aliphatic heterocycles. The number of carbonyl (C=O) groups excluding carboxylic acids is 2. The Hall–Kier alpha value is -1.63. The van der Waals surface area contributed by atoms with E-state index < -0.39 is 0 Å². The van der Waals surface area contributed by atoms with Gasteiger partial charge in [-0.2, -0.15) is 0 Å². The maximum absolute atomic E-state index is 11.8. The highest BCUT2D eigenvalue weighted by Crippen LogP contribution is 2.20. The molecule has 19 heavy (non-hydrogen) atoms. The third kappa shape index (κ3) is 3.44. The molecule has 0 bridgehead atoms. The lowest BCUT2D eigenvalue weighted by Crippen LogP contribution is -2.51. The first-order valence-electron chi connectivity index (χ1n) is 6.30. The van der Waals surface area contributed by atoms with E-state index in [4.69, 9.17) is 0 Å². The van der Waals surface area contributed by atoms with Gasteiger partial charge in [0.15, 0.2) is 5.13 Å². The summed E-state index contributed by atoms with van der Waals surface area (Å²) in [6, 6.07) is 0. The van der Waals surface area contributed by atoms with E-state index in [0.717, 1.165) is 23.0 Å². The van der Waals surface area contributed by atoms with Crippen molar-refractivity contribution < 1.29 is 9.59 Å². The van der Waals surface area contributed by atoms with Crippen molar-refractivity contribution >= 4 is 28.3 Å². The SMILES string of the molecule is CCCNc1ncc(CN2CC(=O)N(C)CC2=O)s1. The van der Waals surface area contributed by atoms with E-state index in [1.54, 1.807) is 18.1 Å². The minimum atomic E-state index is -0.0200. The number of thiazole rings is 1. The quantitative estimate of drug-likeness (QED) is 0.866. The summed E-state index contributed by atoms with van der Waals surface area (Å²) >= 11 is 1.53. The zero-order valence-electron chi connectivity index (χ0n) is 11.2. The molecule has 104 valence electrons. The lowest BCUT2D eigenvalue weighted by molar-refractivity contribution is -0.149. The lowest BCUT2D eigenvalue weighted by atomic mass is 10.3. The van der Waals surface area contributed by atoms with E-state index in [0.29, 0.717) is 6.54 Å². The number of likely N-dealkylation sites (N-methyl/N-ethyl adjacent to an activating group) is 1. The van der Waals surface area contributed by atoms with Crippen molar-refractivity contribution in [2.45, 2.75) is 19.9 Å². The van der Waals surface area contributed by atoms with E-state index in [-0.39, 0.29) is 24.9 Å². The maximum atomic E-state index is 11.8. The van der Waals surface area contributed by atoms with Crippen molar-refractivity contribution in [1.29, 1.82) is 0 Å². The molecule has 1 aromatic rings. The monoisotopic (exact) mass is 282 g/mol. The fraction of sp³-hybridized carbons (Fsp3) is 0.583. The average Bonchev–Trinajstić information content (AvgIpc) is 2.81. The summed E-state index contributed by atoms with van der Waals surface area (Å²) in [6.07, 6.45) is 2.80. The standard InChI is InChI=1S/C12H18N4O2S/c1-3-4-13-12-14-5-9(19-12)6-16-8-10(17)15(2)7-11(16)18/h5H,3-4,6-8H2,1-2H3,(H,13,14). The summed E-state index contributed by atoms with van der Waals surface area (Å²) in [5.74, 6) is -0.0352. The van der Waals surface area contributed by atoms with Crippen LogP contribution in [0.5, 0.6) is 0 Å². The average molecular weight is 282 g/mol. The lowest BCUT2D eigenvalue weighted by Gasteiger charge is -2.31. The molecule has 0 atom stereocenters. The molecule has 7 heteroatoms. The maximum Gasteiger partial charge on any atom is 0.242 e. The smallest absolute Gasteiger partial charge is 0.242 e. The normalized spacial score (nSPS) is 16.1. The molecule has 6 nitrogen and oxygen atoms in total. The fourth-order valence-electron chi connectivity index (χ4n) is 1.79. The molecule has 0 aliphatic carbocycles. The number of piperazine rings is 1. The van der Waals surface area contributed by atoms with Crippen molar-refractivity contribution in [2.75, 3.05) is 32.0 Å². The molecule has 1 fully saturated rings. The van der Waals surface area contributed by atoms with Gasteiger partial charge in [0.25, 0.3) is 0 Å². The number of aromatic nitrogens is 1. The number of carbonyl (C=O) groups is 2. The molecule has 1 aliphatic rings. The van der Waals surface area contributed by atoms with E-state index >= 15 is 0 Å². The van der Waals surface area contributed by atoms with Crippen LogP contribution in [-0.4, -0.2) is 53.3 Å². The van der Waals surface area contributed by atoms with Gasteiger partial charge in [-0.1, -0.05) is 6.92 Å². The van der Waals surface area contributed by atoms with Gasteiger partial charge in [-0.3, -0.25) is 9.59 Å². The van der Waals surface area contributed by atoms with E-state index in [2.05, 4.69) is 17.2 Å². The first-order valence-corrected chi connectivity index (χ1v) is 7.12. The first-order chi connectivity index (χ1) is 9.10. The van der Waals surface area contributed by atoms with Gasteiger partial charge in [0.2, 0.25) is 11.8 Å².